The molecular formula is C15H12N6O3S3. The summed E-state index contributed by atoms with van der Waals surface area (Å²) in [4.78, 5) is 21.2. The van der Waals surface area contributed by atoms with Gasteiger partial charge in [-0.3, -0.25) is 10.1 Å². The highest BCUT2D eigenvalue weighted by atomic mass is 32.2. The summed E-state index contributed by atoms with van der Waals surface area (Å²) in [5, 5.41) is 13.4. The van der Waals surface area contributed by atoms with Crippen molar-refractivity contribution in [1.29, 1.82) is 0 Å². The third-order valence-corrected chi connectivity index (χ3v) is 6.51. The number of fused-ring (bicyclic) bond motifs is 1. The molecule has 0 saturated heterocycles. The summed E-state index contributed by atoms with van der Waals surface area (Å²) in [6.07, 6.45) is 2.79. The molecular weight excluding hydrogens is 408 g/mol. The van der Waals surface area contributed by atoms with Gasteiger partial charge in [-0.2, -0.15) is 4.68 Å². The molecule has 0 atom stereocenters. The van der Waals surface area contributed by atoms with Gasteiger partial charge < -0.3 is 0 Å². The number of rotatable bonds is 4. The molecule has 0 spiro atoms. The van der Waals surface area contributed by atoms with Crippen LogP contribution >= 0.6 is 22.7 Å². The van der Waals surface area contributed by atoms with Gasteiger partial charge in [0.05, 0.1) is 20.8 Å². The van der Waals surface area contributed by atoms with Gasteiger partial charge in [0, 0.05) is 17.8 Å². The van der Waals surface area contributed by atoms with Gasteiger partial charge in [0.25, 0.3) is 5.91 Å². The van der Waals surface area contributed by atoms with E-state index in [0.717, 1.165) is 6.26 Å². The number of aromatic nitrogens is 5. The molecule has 4 rings (SSSR count). The Morgan fingerprint density at radius 1 is 1.30 bits per heavy atom. The molecule has 12 heteroatoms. The number of hydrogen-bond donors (Lipinski definition) is 1. The summed E-state index contributed by atoms with van der Waals surface area (Å²) in [7, 11) is -3.31. The second-order valence-corrected chi connectivity index (χ2v) is 9.54. The fourth-order valence-corrected chi connectivity index (χ4v) is 4.65. The molecule has 3 aromatic heterocycles. The average Bonchev–Trinajstić information content (AvgIpc) is 3.31. The van der Waals surface area contributed by atoms with Gasteiger partial charge in [-0.15, -0.1) is 16.4 Å². The van der Waals surface area contributed by atoms with Crippen LogP contribution < -0.4 is 5.32 Å². The Morgan fingerprint density at radius 3 is 2.81 bits per heavy atom. The zero-order valence-corrected chi connectivity index (χ0v) is 16.5. The standard InChI is InChI=1S/C15H12N6O3S3/c1-8-12(19-20-21(8)15-16-5-6-25-15)13(22)18-14-17-10-4-3-9(27(2,23)24)7-11(10)26-14/h3-7H,1-2H3,(H,17,18,22). The van der Waals surface area contributed by atoms with Crippen LogP contribution in [-0.2, 0) is 9.84 Å². The van der Waals surface area contributed by atoms with E-state index in [4.69, 9.17) is 0 Å². The molecule has 9 nitrogen and oxygen atoms in total. The van der Waals surface area contributed by atoms with E-state index in [1.54, 1.807) is 25.3 Å². The number of anilines is 1. The monoisotopic (exact) mass is 420 g/mol. The van der Waals surface area contributed by atoms with Gasteiger partial charge >= 0.3 is 0 Å². The van der Waals surface area contributed by atoms with Crippen molar-refractivity contribution in [3.63, 3.8) is 0 Å². The Kier molecular flexibility index (Phi) is 4.25. The van der Waals surface area contributed by atoms with E-state index in [1.807, 2.05) is 5.38 Å². The van der Waals surface area contributed by atoms with Crippen LogP contribution in [0.3, 0.4) is 0 Å². The van der Waals surface area contributed by atoms with Crippen molar-refractivity contribution in [1.82, 2.24) is 25.0 Å². The lowest BCUT2D eigenvalue weighted by Gasteiger charge is -2.00. The minimum absolute atomic E-state index is 0.168. The van der Waals surface area contributed by atoms with E-state index < -0.39 is 15.7 Å². The maximum atomic E-state index is 12.5. The number of carbonyl (C=O) groups is 1. The van der Waals surface area contributed by atoms with Crippen molar-refractivity contribution in [3.05, 3.63) is 41.2 Å². The lowest BCUT2D eigenvalue weighted by atomic mass is 10.3. The van der Waals surface area contributed by atoms with Crippen molar-refractivity contribution in [2.75, 3.05) is 11.6 Å². The van der Waals surface area contributed by atoms with Gasteiger partial charge in [0.2, 0.25) is 5.13 Å². The second kappa shape index (κ2) is 6.48. The first-order chi connectivity index (χ1) is 12.8. The third kappa shape index (κ3) is 3.34. The normalized spacial score (nSPS) is 11.8. The molecule has 0 radical (unpaired) electrons. The maximum absolute atomic E-state index is 12.5. The minimum atomic E-state index is -3.31. The third-order valence-electron chi connectivity index (χ3n) is 3.72. The fraction of sp³-hybridized carbons (Fsp3) is 0.133. The van der Waals surface area contributed by atoms with Crippen LogP contribution in [0.4, 0.5) is 5.13 Å². The van der Waals surface area contributed by atoms with Crippen LogP contribution in [0.1, 0.15) is 16.2 Å². The maximum Gasteiger partial charge on any atom is 0.279 e. The molecule has 3 heterocycles. The van der Waals surface area contributed by atoms with Crippen molar-refractivity contribution >= 4 is 53.8 Å². The predicted octanol–water partition coefficient (Wildman–Crippen LogP) is 2.30. The van der Waals surface area contributed by atoms with Gasteiger partial charge in [0.15, 0.2) is 20.7 Å². The van der Waals surface area contributed by atoms with Crippen molar-refractivity contribution in [2.45, 2.75) is 11.8 Å². The van der Waals surface area contributed by atoms with Crippen LogP contribution in [-0.4, -0.2) is 45.5 Å². The summed E-state index contributed by atoms with van der Waals surface area (Å²) in [5.41, 5.74) is 1.33. The minimum Gasteiger partial charge on any atom is -0.296 e. The largest absolute Gasteiger partial charge is 0.296 e. The molecule has 0 aliphatic heterocycles. The number of hydrogen-bond acceptors (Lipinski definition) is 9. The van der Waals surface area contributed by atoms with E-state index in [2.05, 4.69) is 25.6 Å². The number of benzene rings is 1. The smallest absolute Gasteiger partial charge is 0.279 e. The molecule has 0 bridgehead atoms. The zero-order valence-electron chi connectivity index (χ0n) is 14.1. The summed E-state index contributed by atoms with van der Waals surface area (Å²) < 4.78 is 25.5. The Balaban J connectivity index is 1.62. The van der Waals surface area contributed by atoms with Crippen LogP contribution in [0.5, 0.6) is 0 Å². The van der Waals surface area contributed by atoms with Gasteiger partial charge in [-0.1, -0.05) is 16.6 Å². The number of carbonyl (C=O) groups excluding carboxylic acids is 1. The molecule has 0 aliphatic rings. The summed E-state index contributed by atoms with van der Waals surface area (Å²) in [6.45, 7) is 1.73. The first-order valence-corrected chi connectivity index (χ1v) is 11.2. The number of thiazole rings is 2. The predicted molar refractivity (Wildman–Crippen MR) is 102 cm³/mol. The second-order valence-electron chi connectivity index (χ2n) is 5.62. The van der Waals surface area contributed by atoms with Gasteiger partial charge in [-0.25, -0.2) is 18.4 Å². The van der Waals surface area contributed by atoms with Gasteiger partial charge in [-0.05, 0) is 25.1 Å². The molecule has 1 amide bonds. The zero-order chi connectivity index (χ0) is 19.2. The number of sulfone groups is 1. The Bertz CT molecular complexity index is 1260. The number of nitrogens with zero attached hydrogens (tertiary/aromatic N) is 5. The summed E-state index contributed by atoms with van der Waals surface area (Å²) in [6, 6.07) is 4.65. The van der Waals surface area contributed by atoms with E-state index in [-0.39, 0.29) is 10.6 Å². The Morgan fingerprint density at radius 2 is 2.11 bits per heavy atom. The average molecular weight is 421 g/mol. The van der Waals surface area contributed by atoms with Crippen LogP contribution in [0.2, 0.25) is 0 Å². The van der Waals surface area contributed by atoms with E-state index in [9.17, 15) is 13.2 Å². The summed E-state index contributed by atoms with van der Waals surface area (Å²) >= 11 is 2.57. The highest BCUT2D eigenvalue weighted by Gasteiger charge is 2.20. The van der Waals surface area contributed by atoms with Crippen molar-refractivity contribution in [2.24, 2.45) is 0 Å². The van der Waals surface area contributed by atoms with E-state index in [0.29, 0.717) is 26.2 Å². The quantitative estimate of drug-likeness (QED) is 0.538. The van der Waals surface area contributed by atoms with Gasteiger partial charge in [0.1, 0.15) is 0 Å². The number of amides is 1. The van der Waals surface area contributed by atoms with Crippen LogP contribution in [0, 0.1) is 6.92 Å². The van der Waals surface area contributed by atoms with Crippen LogP contribution in [0.15, 0.2) is 34.7 Å². The molecule has 27 heavy (non-hydrogen) atoms. The SMILES string of the molecule is Cc1c(C(=O)Nc2nc3ccc(S(C)(=O)=O)cc3s2)nnn1-c1nccs1. The summed E-state index contributed by atoms with van der Waals surface area (Å²) in [5.74, 6) is -0.447. The molecule has 1 aromatic carbocycles. The molecule has 1 N–H and O–H groups in total. The Labute approximate surface area is 161 Å². The highest BCUT2D eigenvalue weighted by Crippen LogP contribution is 2.28. The number of nitrogens with one attached hydrogen (secondary N) is 1. The first-order valence-electron chi connectivity index (χ1n) is 7.57. The lowest BCUT2D eigenvalue weighted by molar-refractivity contribution is 0.102. The molecule has 0 saturated carbocycles. The van der Waals surface area contributed by atoms with Crippen molar-refractivity contribution < 1.29 is 13.2 Å². The van der Waals surface area contributed by atoms with Crippen molar-refractivity contribution in [3.8, 4) is 5.13 Å². The lowest BCUT2D eigenvalue weighted by Crippen LogP contribution is -2.14. The van der Waals surface area contributed by atoms with E-state index >= 15 is 0 Å². The first kappa shape index (κ1) is 17.7. The Hall–Kier alpha value is -2.70. The molecule has 0 fully saturated rings. The molecule has 138 valence electrons. The highest BCUT2D eigenvalue weighted by molar-refractivity contribution is 7.90. The molecule has 0 aliphatic carbocycles. The molecule has 0 unspecified atom stereocenters. The van der Waals surface area contributed by atoms with E-state index in [1.165, 1.54) is 33.4 Å². The molecule has 4 aromatic rings. The topological polar surface area (TPSA) is 120 Å². The van der Waals surface area contributed by atoms with Crippen LogP contribution in [0.25, 0.3) is 15.3 Å². The fourth-order valence-electron chi connectivity index (χ4n) is 2.39.